The zero-order valence-corrected chi connectivity index (χ0v) is 9.94. The van der Waals surface area contributed by atoms with Crippen molar-refractivity contribution in [1.29, 1.82) is 5.41 Å². The van der Waals surface area contributed by atoms with Crippen LogP contribution in [0.15, 0.2) is 36.7 Å². The van der Waals surface area contributed by atoms with E-state index in [1.807, 2.05) is 17.9 Å². The minimum Gasteiger partial charge on any atom is -0.320 e. The van der Waals surface area contributed by atoms with Gasteiger partial charge in [-0.05, 0) is 36.2 Å². The predicted molar refractivity (Wildman–Crippen MR) is 68.4 cm³/mol. The van der Waals surface area contributed by atoms with Crippen LogP contribution in [0.4, 0.5) is 10.1 Å². The Morgan fingerprint density at radius 3 is 2.94 bits per heavy atom. The molecule has 1 aliphatic heterocycles. The molecule has 0 spiro atoms. The minimum absolute atomic E-state index is 0.303. The van der Waals surface area contributed by atoms with Crippen molar-refractivity contribution in [2.75, 3.05) is 4.90 Å². The number of anilines is 1. The quantitative estimate of drug-likeness (QED) is 0.833. The number of hydrogen-bond acceptors (Lipinski definition) is 2. The smallest absolute Gasteiger partial charge is 0.133 e. The van der Waals surface area contributed by atoms with Crippen molar-refractivity contribution in [3.63, 3.8) is 0 Å². The molecule has 0 saturated carbocycles. The van der Waals surface area contributed by atoms with E-state index in [1.165, 1.54) is 12.1 Å². The summed E-state index contributed by atoms with van der Waals surface area (Å²) in [5.41, 5.74) is 3.60. The summed E-state index contributed by atoms with van der Waals surface area (Å²) in [5, 5.41) is 8.15. The van der Waals surface area contributed by atoms with Gasteiger partial charge >= 0.3 is 0 Å². The Balaban J connectivity index is 2.05. The summed E-state index contributed by atoms with van der Waals surface area (Å²) in [6.07, 6.45) is 3.47. The normalized spacial score (nSPS) is 13.9. The summed E-state index contributed by atoms with van der Waals surface area (Å²) >= 11 is 0. The Hall–Kier alpha value is -2.23. The first-order chi connectivity index (χ1) is 8.66. The summed E-state index contributed by atoms with van der Waals surface area (Å²) in [7, 11) is 0. The molecule has 0 bridgehead atoms. The number of nitrogens with zero attached hydrogens (tertiary/aromatic N) is 2. The maximum absolute atomic E-state index is 13.2. The second-order valence-electron chi connectivity index (χ2n) is 4.40. The second kappa shape index (κ2) is 3.91. The van der Waals surface area contributed by atoms with Crippen LogP contribution in [0.2, 0.25) is 0 Å². The largest absolute Gasteiger partial charge is 0.320 e. The number of halogens is 1. The number of aryl methyl sites for hydroxylation is 1. The summed E-state index contributed by atoms with van der Waals surface area (Å²) in [4.78, 5) is 5.95. The molecule has 2 heterocycles. The molecule has 90 valence electrons. The molecule has 3 rings (SSSR count). The highest BCUT2D eigenvalue weighted by Gasteiger charge is 2.26. The number of aromatic nitrogens is 1. The van der Waals surface area contributed by atoms with Gasteiger partial charge in [-0.1, -0.05) is 6.07 Å². The van der Waals surface area contributed by atoms with Crippen molar-refractivity contribution in [3.8, 4) is 0 Å². The molecule has 18 heavy (non-hydrogen) atoms. The summed E-state index contributed by atoms with van der Waals surface area (Å²) in [5.74, 6) is 0.0314. The highest BCUT2D eigenvalue weighted by Crippen LogP contribution is 2.29. The van der Waals surface area contributed by atoms with Crippen molar-refractivity contribution in [2.45, 2.75) is 13.5 Å². The molecule has 1 N–H and O–H groups in total. The Labute approximate surface area is 104 Å². The monoisotopic (exact) mass is 241 g/mol. The van der Waals surface area contributed by atoms with Crippen LogP contribution in [0, 0.1) is 18.2 Å². The molecule has 0 radical (unpaired) electrons. The van der Waals surface area contributed by atoms with Crippen LogP contribution < -0.4 is 4.90 Å². The highest BCUT2D eigenvalue weighted by molar-refractivity contribution is 6.11. The highest BCUT2D eigenvalue weighted by atomic mass is 19.1. The van der Waals surface area contributed by atoms with Gasteiger partial charge in [0, 0.05) is 11.8 Å². The van der Waals surface area contributed by atoms with Crippen molar-refractivity contribution < 1.29 is 4.39 Å². The van der Waals surface area contributed by atoms with E-state index in [0.29, 0.717) is 17.9 Å². The molecular weight excluding hydrogens is 229 g/mol. The number of benzene rings is 1. The average Bonchev–Trinajstić information content (AvgIpc) is 2.68. The third-order valence-electron chi connectivity index (χ3n) is 3.23. The number of rotatable bonds is 1. The van der Waals surface area contributed by atoms with Gasteiger partial charge < -0.3 is 4.90 Å². The first-order valence-electron chi connectivity index (χ1n) is 5.72. The fraction of sp³-hybridized carbons (Fsp3) is 0.143. The summed E-state index contributed by atoms with van der Waals surface area (Å²) in [6, 6.07) is 6.51. The SMILES string of the molecule is Cc1ccncc1N1Cc2ccc(F)cc2C1=N. The Morgan fingerprint density at radius 1 is 1.33 bits per heavy atom. The van der Waals surface area contributed by atoms with E-state index >= 15 is 0 Å². The van der Waals surface area contributed by atoms with Crippen molar-refractivity contribution in [2.24, 2.45) is 0 Å². The summed E-state index contributed by atoms with van der Waals surface area (Å²) < 4.78 is 13.2. The zero-order chi connectivity index (χ0) is 12.7. The predicted octanol–water partition coefficient (Wildman–Crippen LogP) is 2.87. The van der Waals surface area contributed by atoms with Gasteiger partial charge in [0.1, 0.15) is 11.7 Å². The van der Waals surface area contributed by atoms with Crippen molar-refractivity contribution in [1.82, 2.24) is 4.98 Å². The van der Waals surface area contributed by atoms with Crippen LogP contribution in [0.1, 0.15) is 16.7 Å². The van der Waals surface area contributed by atoms with Gasteiger partial charge in [-0.25, -0.2) is 4.39 Å². The van der Waals surface area contributed by atoms with E-state index in [9.17, 15) is 4.39 Å². The lowest BCUT2D eigenvalue weighted by Gasteiger charge is -2.19. The van der Waals surface area contributed by atoms with Crippen LogP contribution in [0.25, 0.3) is 0 Å². The third-order valence-corrected chi connectivity index (χ3v) is 3.23. The number of pyridine rings is 1. The Morgan fingerprint density at radius 2 is 2.17 bits per heavy atom. The standard InChI is InChI=1S/C14H12FN3/c1-9-4-5-17-7-13(9)18-8-10-2-3-11(15)6-12(10)14(18)16/h2-7,16H,8H2,1H3. The van der Waals surface area contributed by atoms with Gasteiger partial charge in [0.25, 0.3) is 0 Å². The molecule has 0 amide bonds. The van der Waals surface area contributed by atoms with Crippen molar-refractivity contribution in [3.05, 3.63) is 59.2 Å². The lowest BCUT2D eigenvalue weighted by atomic mass is 10.1. The van der Waals surface area contributed by atoms with E-state index in [4.69, 9.17) is 5.41 Å². The average molecular weight is 241 g/mol. The molecule has 0 unspecified atom stereocenters. The lowest BCUT2D eigenvalue weighted by molar-refractivity contribution is 0.627. The first-order valence-corrected chi connectivity index (χ1v) is 5.72. The fourth-order valence-corrected chi connectivity index (χ4v) is 2.25. The van der Waals surface area contributed by atoms with Crippen molar-refractivity contribution >= 4 is 11.5 Å². The van der Waals surface area contributed by atoms with E-state index in [2.05, 4.69) is 4.98 Å². The zero-order valence-electron chi connectivity index (χ0n) is 9.94. The topological polar surface area (TPSA) is 40.0 Å². The minimum atomic E-state index is -0.303. The van der Waals surface area contributed by atoms with Crippen LogP contribution in [0.5, 0.6) is 0 Å². The van der Waals surface area contributed by atoms with Gasteiger partial charge in [-0.15, -0.1) is 0 Å². The fourth-order valence-electron chi connectivity index (χ4n) is 2.25. The molecular formula is C14H12FN3. The molecule has 4 heteroatoms. The van der Waals surface area contributed by atoms with Gasteiger partial charge in [-0.2, -0.15) is 0 Å². The van der Waals surface area contributed by atoms with Gasteiger partial charge in [0.2, 0.25) is 0 Å². The number of amidine groups is 1. The number of hydrogen-bond donors (Lipinski definition) is 1. The molecule has 0 aliphatic carbocycles. The second-order valence-corrected chi connectivity index (χ2v) is 4.40. The first kappa shape index (κ1) is 10.9. The Kier molecular flexibility index (Phi) is 2.37. The molecule has 1 aliphatic rings. The summed E-state index contributed by atoms with van der Waals surface area (Å²) in [6.45, 7) is 2.58. The molecule has 3 nitrogen and oxygen atoms in total. The van der Waals surface area contributed by atoms with Crippen LogP contribution in [0.3, 0.4) is 0 Å². The maximum Gasteiger partial charge on any atom is 0.133 e. The van der Waals surface area contributed by atoms with Crippen LogP contribution in [-0.4, -0.2) is 10.8 Å². The van der Waals surface area contributed by atoms with Gasteiger partial charge in [-0.3, -0.25) is 10.4 Å². The van der Waals surface area contributed by atoms with Gasteiger partial charge in [0.05, 0.1) is 18.4 Å². The van der Waals surface area contributed by atoms with Crippen LogP contribution in [-0.2, 0) is 6.54 Å². The van der Waals surface area contributed by atoms with E-state index in [0.717, 1.165) is 16.8 Å². The molecule has 0 atom stereocenters. The third kappa shape index (κ3) is 1.57. The van der Waals surface area contributed by atoms with E-state index < -0.39 is 0 Å². The van der Waals surface area contributed by atoms with E-state index in [-0.39, 0.29) is 5.82 Å². The number of fused-ring (bicyclic) bond motifs is 1. The molecule has 2 aromatic rings. The molecule has 0 fully saturated rings. The Bertz CT molecular complexity index is 637. The van der Waals surface area contributed by atoms with Crippen LogP contribution >= 0.6 is 0 Å². The molecule has 0 saturated heterocycles. The lowest BCUT2D eigenvalue weighted by Crippen LogP contribution is -2.24. The van der Waals surface area contributed by atoms with Gasteiger partial charge in [0.15, 0.2) is 0 Å². The number of nitrogens with one attached hydrogen (secondary N) is 1. The molecule has 1 aromatic carbocycles. The molecule has 1 aromatic heterocycles. The maximum atomic E-state index is 13.2. The van der Waals surface area contributed by atoms with E-state index in [1.54, 1.807) is 18.5 Å².